The molecule has 0 amide bonds. The molecule has 0 fully saturated rings. The summed E-state index contributed by atoms with van der Waals surface area (Å²) in [5, 5.41) is 0. The van der Waals surface area contributed by atoms with Gasteiger partial charge in [0.1, 0.15) is 0 Å². The third-order valence-electron chi connectivity index (χ3n) is 2.33. The number of carbonyl (C=O) groups is 1. The first kappa shape index (κ1) is 11.3. The lowest BCUT2D eigenvalue weighted by atomic mass is 10.1. The molecule has 0 saturated heterocycles. The van der Waals surface area contributed by atoms with Gasteiger partial charge in [-0.05, 0) is 23.8 Å². The van der Waals surface area contributed by atoms with E-state index in [1.165, 1.54) is 20.5 Å². The minimum absolute atomic E-state index is 0.160. The third kappa shape index (κ3) is 2.18. The van der Waals surface area contributed by atoms with Gasteiger partial charge in [0.05, 0.1) is 26.0 Å². The minimum Gasteiger partial charge on any atom is -0.504 e. The fraction of sp³-hybridized carbons (Fsp3) is 0.250. The monoisotopic (exact) mass is 236 g/mol. The molecule has 0 radical (unpaired) electrons. The Kier molecular flexibility index (Phi) is 3.18. The lowest BCUT2D eigenvalue weighted by molar-refractivity contribution is 0.0600. The van der Waals surface area contributed by atoms with Crippen LogP contribution in [0, 0.1) is 0 Å². The molecule has 0 saturated carbocycles. The quantitative estimate of drug-likeness (QED) is 0.592. The Morgan fingerprint density at radius 3 is 2.65 bits per heavy atom. The highest BCUT2D eigenvalue weighted by atomic mass is 16.7. The second-order valence-electron chi connectivity index (χ2n) is 3.32. The fourth-order valence-corrected chi connectivity index (χ4v) is 1.52. The Labute approximate surface area is 98.5 Å². The summed E-state index contributed by atoms with van der Waals surface area (Å²) in [5.74, 6) is 0.715. The zero-order chi connectivity index (χ0) is 12.3. The SMILES string of the molecule is CO/C=C/c1cc2c(cc1C(=O)OC)OCO2. The molecule has 0 bridgehead atoms. The van der Waals surface area contributed by atoms with Crippen LogP contribution in [0.3, 0.4) is 0 Å². The van der Waals surface area contributed by atoms with Crippen molar-refractivity contribution >= 4 is 12.0 Å². The van der Waals surface area contributed by atoms with Gasteiger partial charge < -0.3 is 18.9 Å². The maximum Gasteiger partial charge on any atom is 0.338 e. The van der Waals surface area contributed by atoms with E-state index in [0.29, 0.717) is 22.6 Å². The van der Waals surface area contributed by atoms with Crippen LogP contribution in [0.5, 0.6) is 11.5 Å². The summed E-state index contributed by atoms with van der Waals surface area (Å²) in [6, 6.07) is 3.31. The molecule has 0 aromatic heterocycles. The first-order valence-electron chi connectivity index (χ1n) is 4.97. The van der Waals surface area contributed by atoms with Gasteiger partial charge in [-0.15, -0.1) is 0 Å². The number of benzene rings is 1. The van der Waals surface area contributed by atoms with Gasteiger partial charge in [0.2, 0.25) is 6.79 Å². The van der Waals surface area contributed by atoms with Crippen LogP contribution < -0.4 is 9.47 Å². The van der Waals surface area contributed by atoms with E-state index in [-0.39, 0.29) is 6.79 Å². The van der Waals surface area contributed by atoms with Crippen molar-refractivity contribution in [3.8, 4) is 11.5 Å². The Bertz CT molecular complexity index is 464. The smallest absolute Gasteiger partial charge is 0.338 e. The largest absolute Gasteiger partial charge is 0.504 e. The van der Waals surface area contributed by atoms with Crippen molar-refractivity contribution < 1.29 is 23.7 Å². The van der Waals surface area contributed by atoms with Crippen molar-refractivity contribution in [3.63, 3.8) is 0 Å². The maximum atomic E-state index is 11.6. The molecule has 1 heterocycles. The summed E-state index contributed by atoms with van der Waals surface area (Å²) in [4.78, 5) is 11.6. The van der Waals surface area contributed by atoms with E-state index in [4.69, 9.17) is 18.9 Å². The molecule has 0 spiro atoms. The van der Waals surface area contributed by atoms with Gasteiger partial charge in [-0.2, -0.15) is 0 Å². The molecule has 1 aliphatic heterocycles. The molecule has 1 aromatic rings. The first-order valence-corrected chi connectivity index (χ1v) is 4.97. The van der Waals surface area contributed by atoms with Crippen LogP contribution in [0.4, 0.5) is 0 Å². The number of methoxy groups -OCH3 is 2. The van der Waals surface area contributed by atoms with Gasteiger partial charge in [-0.25, -0.2) is 4.79 Å². The van der Waals surface area contributed by atoms with E-state index >= 15 is 0 Å². The number of ether oxygens (including phenoxy) is 4. The predicted octanol–water partition coefficient (Wildman–Crippen LogP) is 1.82. The molecule has 0 N–H and O–H groups in total. The number of hydrogen-bond acceptors (Lipinski definition) is 5. The molecule has 1 aliphatic rings. The molecule has 0 aliphatic carbocycles. The lowest BCUT2D eigenvalue weighted by Gasteiger charge is -2.05. The summed E-state index contributed by atoms with van der Waals surface area (Å²) in [7, 11) is 2.86. The van der Waals surface area contributed by atoms with Gasteiger partial charge in [-0.3, -0.25) is 0 Å². The van der Waals surface area contributed by atoms with E-state index in [2.05, 4.69) is 0 Å². The molecule has 0 atom stereocenters. The minimum atomic E-state index is -0.431. The van der Waals surface area contributed by atoms with Crippen molar-refractivity contribution in [2.24, 2.45) is 0 Å². The van der Waals surface area contributed by atoms with Crippen LogP contribution in [0.15, 0.2) is 18.4 Å². The summed E-state index contributed by atoms with van der Waals surface area (Å²) >= 11 is 0. The summed E-state index contributed by atoms with van der Waals surface area (Å²) in [6.45, 7) is 0.160. The zero-order valence-corrected chi connectivity index (χ0v) is 9.56. The predicted molar refractivity (Wildman–Crippen MR) is 59.9 cm³/mol. The van der Waals surface area contributed by atoms with E-state index in [0.717, 1.165) is 0 Å². The summed E-state index contributed by atoms with van der Waals surface area (Å²) < 4.78 is 20.0. The standard InChI is InChI=1S/C12H12O5/c1-14-4-3-8-5-10-11(17-7-16-10)6-9(8)12(13)15-2/h3-6H,7H2,1-2H3/b4-3+. The van der Waals surface area contributed by atoms with Crippen LogP contribution in [-0.2, 0) is 9.47 Å². The van der Waals surface area contributed by atoms with Crippen molar-refractivity contribution in [2.45, 2.75) is 0 Å². The second kappa shape index (κ2) is 4.78. The van der Waals surface area contributed by atoms with Crippen LogP contribution in [0.2, 0.25) is 0 Å². The van der Waals surface area contributed by atoms with Gasteiger partial charge in [0.15, 0.2) is 11.5 Å². The second-order valence-corrected chi connectivity index (χ2v) is 3.32. The van der Waals surface area contributed by atoms with Gasteiger partial charge in [-0.1, -0.05) is 0 Å². The van der Waals surface area contributed by atoms with E-state index in [1.807, 2.05) is 0 Å². The Morgan fingerprint density at radius 1 is 1.29 bits per heavy atom. The van der Waals surface area contributed by atoms with Crippen molar-refractivity contribution in [1.82, 2.24) is 0 Å². The van der Waals surface area contributed by atoms with Crippen molar-refractivity contribution in [3.05, 3.63) is 29.5 Å². The van der Waals surface area contributed by atoms with Crippen LogP contribution in [-0.4, -0.2) is 27.0 Å². The highest BCUT2D eigenvalue weighted by molar-refractivity contribution is 5.94. The van der Waals surface area contributed by atoms with Gasteiger partial charge in [0, 0.05) is 0 Å². The fourth-order valence-electron chi connectivity index (χ4n) is 1.52. The molecular formula is C12H12O5. The number of esters is 1. The van der Waals surface area contributed by atoms with Crippen LogP contribution in [0.25, 0.3) is 6.08 Å². The average Bonchev–Trinajstić information content (AvgIpc) is 2.81. The molecule has 5 nitrogen and oxygen atoms in total. The van der Waals surface area contributed by atoms with Gasteiger partial charge >= 0.3 is 5.97 Å². The molecule has 2 rings (SSSR count). The molecule has 1 aromatic carbocycles. The molecule has 90 valence electrons. The third-order valence-corrected chi connectivity index (χ3v) is 2.33. The highest BCUT2D eigenvalue weighted by Crippen LogP contribution is 2.35. The summed E-state index contributed by atoms with van der Waals surface area (Å²) in [6.07, 6.45) is 3.14. The lowest BCUT2D eigenvalue weighted by Crippen LogP contribution is -2.03. The Hall–Kier alpha value is -2.17. The van der Waals surface area contributed by atoms with Crippen molar-refractivity contribution in [1.29, 1.82) is 0 Å². The topological polar surface area (TPSA) is 54.0 Å². The Balaban J connectivity index is 2.46. The molecule has 17 heavy (non-hydrogen) atoms. The van der Waals surface area contributed by atoms with E-state index in [1.54, 1.807) is 18.2 Å². The van der Waals surface area contributed by atoms with Crippen LogP contribution >= 0.6 is 0 Å². The molecular weight excluding hydrogens is 224 g/mol. The van der Waals surface area contributed by atoms with E-state index < -0.39 is 5.97 Å². The number of fused-ring (bicyclic) bond motifs is 1. The first-order chi connectivity index (χ1) is 8.26. The maximum absolute atomic E-state index is 11.6. The van der Waals surface area contributed by atoms with Crippen LogP contribution in [0.1, 0.15) is 15.9 Å². The van der Waals surface area contributed by atoms with E-state index in [9.17, 15) is 4.79 Å². The average molecular weight is 236 g/mol. The Morgan fingerprint density at radius 2 is 2.00 bits per heavy atom. The zero-order valence-electron chi connectivity index (χ0n) is 9.56. The molecule has 0 unspecified atom stereocenters. The van der Waals surface area contributed by atoms with Gasteiger partial charge in [0.25, 0.3) is 0 Å². The molecule has 5 heteroatoms. The highest BCUT2D eigenvalue weighted by Gasteiger charge is 2.20. The normalized spacial score (nSPS) is 12.8. The van der Waals surface area contributed by atoms with Crippen molar-refractivity contribution in [2.75, 3.05) is 21.0 Å². The number of carbonyl (C=O) groups excluding carboxylic acids is 1. The number of rotatable bonds is 3. The summed E-state index contributed by atoms with van der Waals surface area (Å²) in [5.41, 5.74) is 1.06. The number of hydrogen-bond donors (Lipinski definition) is 0.